The van der Waals surface area contributed by atoms with Gasteiger partial charge in [0, 0.05) is 17.9 Å². The first-order chi connectivity index (χ1) is 12.0. The second-order valence-electron chi connectivity index (χ2n) is 6.51. The Balaban J connectivity index is 2.02. The van der Waals surface area contributed by atoms with Crippen LogP contribution < -0.4 is 0 Å². The number of carbonyl (C=O) groups excluding carboxylic acids is 2. The summed E-state index contributed by atoms with van der Waals surface area (Å²) in [5.41, 5.74) is 1.36. The van der Waals surface area contributed by atoms with Crippen LogP contribution in [-0.2, 0) is 4.79 Å². The fourth-order valence-electron chi connectivity index (χ4n) is 3.58. The Hall–Kier alpha value is -1.64. The van der Waals surface area contributed by atoms with Crippen LogP contribution in [0.5, 0.6) is 0 Å². The van der Waals surface area contributed by atoms with Crippen molar-refractivity contribution in [2.24, 2.45) is 0 Å². The molecule has 3 atom stereocenters. The topological polar surface area (TPSA) is 34.1 Å². The maximum Gasteiger partial charge on any atom is 0.181 e. The molecule has 0 aliphatic heterocycles. The van der Waals surface area contributed by atoms with E-state index in [0.29, 0.717) is 18.4 Å². The van der Waals surface area contributed by atoms with Crippen molar-refractivity contribution in [3.63, 3.8) is 0 Å². The number of halogens is 2. The molecule has 2 aromatic rings. The van der Waals surface area contributed by atoms with Gasteiger partial charge in [-0.15, -0.1) is 23.2 Å². The highest BCUT2D eigenvalue weighted by molar-refractivity contribution is 6.40. The van der Waals surface area contributed by atoms with Gasteiger partial charge >= 0.3 is 0 Å². The predicted octanol–water partition coefficient (Wildman–Crippen LogP) is 5.38. The zero-order chi connectivity index (χ0) is 17.9. The van der Waals surface area contributed by atoms with Crippen LogP contribution in [0.1, 0.15) is 47.5 Å². The minimum Gasteiger partial charge on any atom is -0.298 e. The van der Waals surface area contributed by atoms with E-state index in [1.165, 1.54) is 0 Å². The van der Waals surface area contributed by atoms with Crippen LogP contribution in [0, 0.1) is 0 Å². The molecule has 0 unspecified atom stereocenters. The molecule has 2 nitrogen and oxygen atoms in total. The molecule has 1 aliphatic carbocycles. The third-order valence-electron chi connectivity index (χ3n) is 4.91. The molecule has 1 saturated carbocycles. The van der Waals surface area contributed by atoms with E-state index >= 15 is 0 Å². The van der Waals surface area contributed by atoms with E-state index in [1.54, 1.807) is 24.3 Å². The molecule has 1 aliphatic rings. The number of benzene rings is 2. The van der Waals surface area contributed by atoms with Crippen molar-refractivity contribution >= 4 is 34.8 Å². The first kappa shape index (κ1) is 18.2. The standard InChI is InChI=1S/C21H20Cl2O2/c22-19(20(25)16-11-5-2-6-12-16)18(15-9-3-1-4-10-15)21(23)14-8-7-13-17(21)24/h1-6,9-12,18-19H,7-8,13-14H2/t18-,19-,21-/m1/s1. The molecule has 1 fully saturated rings. The number of rotatable bonds is 5. The number of alkyl halides is 2. The van der Waals surface area contributed by atoms with Gasteiger partial charge in [-0.2, -0.15) is 0 Å². The molecule has 0 saturated heterocycles. The molecule has 0 radical (unpaired) electrons. The second-order valence-corrected chi connectivity index (χ2v) is 7.66. The summed E-state index contributed by atoms with van der Waals surface area (Å²) >= 11 is 13.5. The monoisotopic (exact) mass is 374 g/mol. The van der Waals surface area contributed by atoms with Crippen molar-refractivity contribution in [2.45, 2.75) is 41.9 Å². The van der Waals surface area contributed by atoms with Crippen LogP contribution in [0.2, 0.25) is 0 Å². The lowest BCUT2D eigenvalue weighted by atomic mass is 9.72. The normalized spacial score (nSPS) is 23.0. The Morgan fingerprint density at radius 3 is 2.16 bits per heavy atom. The Morgan fingerprint density at radius 2 is 1.56 bits per heavy atom. The third-order valence-corrected chi connectivity index (χ3v) is 6.00. The van der Waals surface area contributed by atoms with E-state index < -0.39 is 16.2 Å². The van der Waals surface area contributed by atoms with Gasteiger partial charge in [0.2, 0.25) is 0 Å². The summed E-state index contributed by atoms with van der Waals surface area (Å²) in [4.78, 5) is 24.5. The van der Waals surface area contributed by atoms with Crippen LogP contribution in [0.15, 0.2) is 60.7 Å². The first-order valence-electron chi connectivity index (χ1n) is 8.54. The van der Waals surface area contributed by atoms with Gasteiger partial charge in [-0.25, -0.2) is 0 Å². The quantitative estimate of drug-likeness (QED) is 0.519. The van der Waals surface area contributed by atoms with Crippen molar-refractivity contribution in [3.8, 4) is 0 Å². The minimum atomic E-state index is -1.13. The molecule has 25 heavy (non-hydrogen) atoms. The fraction of sp³-hybridized carbons (Fsp3) is 0.333. The molecule has 3 rings (SSSR count). The maximum absolute atomic E-state index is 12.9. The third kappa shape index (κ3) is 3.65. The molecule has 2 aromatic carbocycles. The summed E-state index contributed by atoms with van der Waals surface area (Å²) in [6, 6.07) is 18.4. The summed E-state index contributed by atoms with van der Waals surface area (Å²) in [5, 5.41) is -0.899. The predicted molar refractivity (Wildman–Crippen MR) is 102 cm³/mol. The first-order valence-corrected chi connectivity index (χ1v) is 9.36. The van der Waals surface area contributed by atoms with Gasteiger partial charge in [0.05, 0.1) is 0 Å². The molecular formula is C21H20Cl2O2. The lowest BCUT2D eigenvalue weighted by Gasteiger charge is -2.39. The maximum atomic E-state index is 12.9. The average Bonchev–Trinajstić information content (AvgIpc) is 2.65. The molecule has 0 aromatic heterocycles. The Bertz CT molecular complexity index is 745. The van der Waals surface area contributed by atoms with Crippen LogP contribution in [0.25, 0.3) is 0 Å². The van der Waals surface area contributed by atoms with E-state index in [4.69, 9.17) is 23.2 Å². The van der Waals surface area contributed by atoms with E-state index in [1.807, 2.05) is 36.4 Å². The van der Waals surface area contributed by atoms with Gasteiger partial charge in [-0.1, -0.05) is 67.1 Å². The van der Waals surface area contributed by atoms with Crippen molar-refractivity contribution in [2.75, 3.05) is 0 Å². The van der Waals surface area contributed by atoms with Gasteiger partial charge in [0.15, 0.2) is 11.6 Å². The lowest BCUT2D eigenvalue weighted by molar-refractivity contribution is -0.123. The zero-order valence-corrected chi connectivity index (χ0v) is 15.3. The molecule has 0 spiro atoms. The van der Waals surface area contributed by atoms with Crippen LogP contribution >= 0.6 is 23.2 Å². The summed E-state index contributed by atoms with van der Waals surface area (Å²) in [7, 11) is 0. The molecule has 130 valence electrons. The smallest absolute Gasteiger partial charge is 0.181 e. The number of Topliss-reactive ketones (excluding diaryl/α,β-unsaturated/α-hetero) is 2. The van der Waals surface area contributed by atoms with Crippen molar-refractivity contribution < 1.29 is 9.59 Å². The lowest BCUT2D eigenvalue weighted by Crippen LogP contribution is -2.46. The molecule has 0 amide bonds. The van der Waals surface area contributed by atoms with Crippen LogP contribution in [-0.4, -0.2) is 21.8 Å². The highest BCUT2D eigenvalue weighted by Crippen LogP contribution is 2.46. The average molecular weight is 375 g/mol. The van der Waals surface area contributed by atoms with E-state index in [-0.39, 0.29) is 11.6 Å². The van der Waals surface area contributed by atoms with Crippen LogP contribution in [0.3, 0.4) is 0 Å². The molecule has 4 heteroatoms. The van der Waals surface area contributed by atoms with E-state index in [0.717, 1.165) is 18.4 Å². The summed E-state index contributed by atoms with van der Waals surface area (Å²) in [6.45, 7) is 0. The fourth-order valence-corrected chi connectivity index (χ4v) is 4.61. The molecular weight excluding hydrogens is 355 g/mol. The van der Waals surface area contributed by atoms with E-state index in [9.17, 15) is 9.59 Å². The second kappa shape index (κ2) is 7.72. The highest BCUT2D eigenvalue weighted by Gasteiger charge is 2.50. The Labute approximate surface area is 158 Å². The summed E-state index contributed by atoms with van der Waals surface area (Å²) in [5.74, 6) is -0.771. The summed E-state index contributed by atoms with van der Waals surface area (Å²) < 4.78 is 0. The number of hydrogen-bond acceptors (Lipinski definition) is 2. The van der Waals surface area contributed by atoms with Gasteiger partial charge in [-0.3, -0.25) is 9.59 Å². The SMILES string of the molecule is O=C(c1ccccc1)[C@H](Cl)[C@@H](c1ccccc1)[C@@]1(Cl)CCCCC1=O. The molecule has 0 bridgehead atoms. The largest absolute Gasteiger partial charge is 0.298 e. The minimum absolute atomic E-state index is 0.0132. The van der Waals surface area contributed by atoms with E-state index in [2.05, 4.69) is 0 Å². The molecule has 0 heterocycles. The number of ketones is 2. The molecule has 0 N–H and O–H groups in total. The van der Waals surface area contributed by atoms with Crippen molar-refractivity contribution in [1.82, 2.24) is 0 Å². The van der Waals surface area contributed by atoms with Crippen LogP contribution in [0.4, 0.5) is 0 Å². The van der Waals surface area contributed by atoms with Crippen molar-refractivity contribution in [3.05, 3.63) is 71.8 Å². The van der Waals surface area contributed by atoms with Gasteiger partial charge in [-0.05, 0) is 18.4 Å². The number of hydrogen-bond donors (Lipinski definition) is 0. The van der Waals surface area contributed by atoms with Gasteiger partial charge < -0.3 is 0 Å². The van der Waals surface area contributed by atoms with Gasteiger partial charge in [0.1, 0.15) is 10.3 Å². The summed E-state index contributed by atoms with van der Waals surface area (Å²) in [6.07, 6.45) is 2.68. The zero-order valence-electron chi connectivity index (χ0n) is 13.8. The number of carbonyl (C=O) groups is 2. The van der Waals surface area contributed by atoms with Gasteiger partial charge in [0.25, 0.3) is 0 Å². The Morgan fingerprint density at radius 1 is 0.960 bits per heavy atom. The highest BCUT2D eigenvalue weighted by atomic mass is 35.5. The Kier molecular flexibility index (Phi) is 5.61. The van der Waals surface area contributed by atoms with Crippen molar-refractivity contribution in [1.29, 1.82) is 0 Å².